The van der Waals surface area contributed by atoms with E-state index in [4.69, 9.17) is 9.15 Å². The number of hydrogen-bond acceptors (Lipinski definition) is 4. The Morgan fingerprint density at radius 1 is 1.35 bits per heavy atom. The molecule has 4 nitrogen and oxygen atoms in total. The molecule has 20 heavy (non-hydrogen) atoms. The van der Waals surface area contributed by atoms with E-state index in [2.05, 4.69) is 18.7 Å². The first kappa shape index (κ1) is 15.5. The smallest absolute Gasteiger partial charge is 0.118 e. The average molecular weight is 281 g/mol. The molecule has 1 atom stereocenters. The van der Waals surface area contributed by atoms with Crippen LogP contribution in [-0.2, 0) is 11.3 Å². The Morgan fingerprint density at radius 3 is 2.65 bits per heavy atom. The van der Waals surface area contributed by atoms with E-state index in [0.29, 0.717) is 31.7 Å². The van der Waals surface area contributed by atoms with Crippen LogP contribution >= 0.6 is 0 Å². The van der Waals surface area contributed by atoms with Gasteiger partial charge < -0.3 is 14.3 Å². The number of hydrogen-bond donors (Lipinski definition) is 1. The fourth-order valence-electron chi connectivity index (χ4n) is 2.32. The number of aliphatic hydroxyl groups excluding tert-OH is 1. The molecular formula is C16H27NO3. The molecule has 1 heterocycles. The first-order valence-corrected chi connectivity index (χ1v) is 7.59. The molecule has 114 valence electrons. The summed E-state index contributed by atoms with van der Waals surface area (Å²) in [6, 6.07) is 4.61. The first-order valence-electron chi connectivity index (χ1n) is 7.59. The van der Waals surface area contributed by atoms with Gasteiger partial charge in [0.1, 0.15) is 11.5 Å². The van der Waals surface area contributed by atoms with Crippen LogP contribution in [0.4, 0.5) is 0 Å². The zero-order chi connectivity index (χ0) is 14.5. The molecule has 0 amide bonds. The number of rotatable bonds is 9. The third kappa shape index (κ3) is 5.27. The van der Waals surface area contributed by atoms with Crippen molar-refractivity contribution in [1.29, 1.82) is 0 Å². The van der Waals surface area contributed by atoms with Crippen molar-refractivity contribution in [3.05, 3.63) is 23.7 Å². The number of ether oxygens (including phenoxy) is 1. The van der Waals surface area contributed by atoms with Crippen LogP contribution in [0.5, 0.6) is 0 Å². The van der Waals surface area contributed by atoms with Crippen LogP contribution in [-0.4, -0.2) is 41.9 Å². The van der Waals surface area contributed by atoms with Crippen molar-refractivity contribution in [3.8, 4) is 0 Å². The molecule has 4 heteroatoms. The van der Waals surface area contributed by atoms with Crippen LogP contribution in [0.1, 0.15) is 38.2 Å². The zero-order valence-electron chi connectivity index (χ0n) is 12.8. The largest absolute Gasteiger partial charge is 0.465 e. The van der Waals surface area contributed by atoms with Gasteiger partial charge in [-0.3, -0.25) is 4.90 Å². The van der Waals surface area contributed by atoms with E-state index in [9.17, 15) is 5.11 Å². The Morgan fingerprint density at radius 2 is 2.10 bits per heavy atom. The lowest BCUT2D eigenvalue weighted by Gasteiger charge is -2.24. The summed E-state index contributed by atoms with van der Waals surface area (Å²) in [5.41, 5.74) is 0. The number of nitrogens with zero attached hydrogens (tertiary/aromatic N) is 1. The van der Waals surface area contributed by atoms with Crippen molar-refractivity contribution >= 4 is 0 Å². The van der Waals surface area contributed by atoms with Gasteiger partial charge in [0.25, 0.3) is 0 Å². The monoisotopic (exact) mass is 281 g/mol. The van der Waals surface area contributed by atoms with Gasteiger partial charge in [0.05, 0.1) is 19.3 Å². The second-order valence-electron chi connectivity index (χ2n) is 6.26. The van der Waals surface area contributed by atoms with Gasteiger partial charge in [-0.2, -0.15) is 0 Å². The Hall–Kier alpha value is -0.840. The molecule has 2 rings (SSSR count). The molecule has 1 aromatic rings. The minimum Gasteiger partial charge on any atom is -0.465 e. The normalized spacial score (nSPS) is 17.1. The van der Waals surface area contributed by atoms with E-state index < -0.39 is 6.10 Å². The summed E-state index contributed by atoms with van der Waals surface area (Å²) >= 11 is 0. The maximum absolute atomic E-state index is 10.1. The Labute approximate surface area is 121 Å². The second kappa shape index (κ2) is 7.25. The molecule has 0 radical (unpaired) electrons. The van der Waals surface area contributed by atoms with Gasteiger partial charge in [0.15, 0.2) is 0 Å². The van der Waals surface area contributed by atoms with Crippen LogP contribution in [0, 0.1) is 12.8 Å². The highest BCUT2D eigenvalue weighted by Crippen LogP contribution is 2.28. The standard InChI is InChI=1S/C16H27NO3/c1-12(2)10-19-11-15(18)8-17(14-5-6-14)9-16-7-4-13(3)20-16/h4,7,12,14-15,18H,5-6,8-11H2,1-3H3/t15-/m0/s1. The van der Waals surface area contributed by atoms with Crippen molar-refractivity contribution in [1.82, 2.24) is 4.90 Å². The topological polar surface area (TPSA) is 45.8 Å². The van der Waals surface area contributed by atoms with Crippen LogP contribution in [0.25, 0.3) is 0 Å². The van der Waals surface area contributed by atoms with E-state index in [-0.39, 0.29) is 0 Å². The highest BCUT2D eigenvalue weighted by Gasteiger charge is 2.30. The summed E-state index contributed by atoms with van der Waals surface area (Å²) in [6.45, 7) is 8.74. The predicted molar refractivity (Wildman–Crippen MR) is 78.5 cm³/mol. The Balaban J connectivity index is 1.77. The zero-order valence-corrected chi connectivity index (χ0v) is 12.8. The van der Waals surface area contributed by atoms with E-state index >= 15 is 0 Å². The molecule has 1 saturated carbocycles. The Bertz CT molecular complexity index is 398. The number of aliphatic hydroxyl groups is 1. The molecule has 0 saturated heterocycles. The fourth-order valence-corrected chi connectivity index (χ4v) is 2.32. The first-order chi connectivity index (χ1) is 9.54. The summed E-state index contributed by atoms with van der Waals surface area (Å²) in [7, 11) is 0. The second-order valence-corrected chi connectivity index (χ2v) is 6.26. The fraction of sp³-hybridized carbons (Fsp3) is 0.750. The maximum atomic E-state index is 10.1. The molecule has 0 bridgehead atoms. The number of aryl methyl sites for hydroxylation is 1. The lowest BCUT2D eigenvalue weighted by molar-refractivity contribution is 0.00450. The van der Waals surface area contributed by atoms with E-state index in [1.165, 1.54) is 12.8 Å². The molecule has 0 unspecified atom stereocenters. The third-order valence-corrected chi connectivity index (χ3v) is 3.42. The summed E-state index contributed by atoms with van der Waals surface area (Å²) in [5, 5.41) is 10.1. The van der Waals surface area contributed by atoms with Gasteiger partial charge in [0.2, 0.25) is 0 Å². The molecule has 1 fully saturated rings. The lowest BCUT2D eigenvalue weighted by atomic mass is 10.2. The van der Waals surface area contributed by atoms with Gasteiger partial charge in [-0.05, 0) is 37.8 Å². The third-order valence-electron chi connectivity index (χ3n) is 3.42. The SMILES string of the molecule is Cc1ccc(CN(C[C@H](O)COCC(C)C)C2CC2)o1. The molecule has 1 N–H and O–H groups in total. The van der Waals surface area contributed by atoms with Gasteiger partial charge in [-0.25, -0.2) is 0 Å². The molecule has 1 aliphatic rings. The van der Waals surface area contributed by atoms with Crippen LogP contribution in [0.3, 0.4) is 0 Å². The quantitative estimate of drug-likeness (QED) is 0.755. The molecular weight excluding hydrogens is 254 g/mol. The van der Waals surface area contributed by atoms with Gasteiger partial charge in [-0.1, -0.05) is 13.8 Å². The molecule has 1 aliphatic carbocycles. The van der Waals surface area contributed by atoms with Crippen molar-refractivity contribution in [2.24, 2.45) is 5.92 Å². The van der Waals surface area contributed by atoms with E-state index in [0.717, 1.165) is 18.1 Å². The summed E-state index contributed by atoms with van der Waals surface area (Å²) < 4.78 is 11.1. The van der Waals surface area contributed by atoms with Crippen molar-refractivity contribution in [2.45, 2.75) is 52.3 Å². The summed E-state index contributed by atoms with van der Waals surface area (Å²) in [5.74, 6) is 2.43. The van der Waals surface area contributed by atoms with Crippen LogP contribution in [0.2, 0.25) is 0 Å². The molecule has 0 aliphatic heterocycles. The van der Waals surface area contributed by atoms with Crippen molar-refractivity contribution in [3.63, 3.8) is 0 Å². The summed E-state index contributed by atoms with van der Waals surface area (Å²) in [6.07, 6.45) is 2.02. The van der Waals surface area contributed by atoms with Crippen LogP contribution < -0.4 is 0 Å². The summed E-state index contributed by atoms with van der Waals surface area (Å²) in [4.78, 5) is 2.31. The number of furan rings is 1. The van der Waals surface area contributed by atoms with Crippen molar-refractivity contribution < 1.29 is 14.3 Å². The Kier molecular flexibility index (Phi) is 5.64. The highest BCUT2D eigenvalue weighted by molar-refractivity contribution is 5.06. The molecule has 0 aromatic carbocycles. The average Bonchev–Trinajstić information content (AvgIpc) is 3.13. The lowest BCUT2D eigenvalue weighted by Crippen LogP contribution is -2.36. The van der Waals surface area contributed by atoms with Crippen LogP contribution in [0.15, 0.2) is 16.5 Å². The maximum Gasteiger partial charge on any atom is 0.118 e. The molecule has 0 spiro atoms. The predicted octanol–water partition coefficient (Wildman–Crippen LogP) is 2.59. The van der Waals surface area contributed by atoms with E-state index in [1.54, 1.807) is 0 Å². The van der Waals surface area contributed by atoms with Crippen molar-refractivity contribution in [2.75, 3.05) is 19.8 Å². The highest BCUT2D eigenvalue weighted by atomic mass is 16.5. The van der Waals surface area contributed by atoms with Gasteiger partial charge >= 0.3 is 0 Å². The van der Waals surface area contributed by atoms with E-state index in [1.807, 2.05) is 19.1 Å². The van der Waals surface area contributed by atoms with Gasteiger partial charge in [-0.15, -0.1) is 0 Å². The minimum absolute atomic E-state index is 0.415. The van der Waals surface area contributed by atoms with Gasteiger partial charge in [0, 0.05) is 19.2 Å². The minimum atomic E-state index is -0.426. The molecule has 1 aromatic heterocycles.